The minimum atomic E-state index is -1.76. The lowest BCUT2D eigenvalue weighted by atomic mass is 9.92. The number of imide groups is 1. The first-order chi connectivity index (χ1) is 29.6. The summed E-state index contributed by atoms with van der Waals surface area (Å²) in [5, 5.41) is 33.3. The minimum Gasteiger partial charge on any atom is -0.444 e. The molecule has 0 aliphatic carbocycles. The molecule has 11 nitrogen and oxygen atoms in total. The van der Waals surface area contributed by atoms with Crippen LogP contribution in [0.5, 0.6) is 0 Å². The molecule has 1 saturated heterocycles. The van der Waals surface area contributed by atoms with Crippen LogP contribution in [0.25, 0.3) is 0 Å². The lowest BCUT2D eigenvalue weighted by Gasteiger charge is -2.49. The van der Waals surface area contributed by atoms with Crippen molar-refractivity contribution in [2.24, 2.45) is 11.7 Å². The molecule has 1 aliphatic rings. The molecule has 0 aromatic heterocycles. The zero-order valence-electron chi connectivity index (χ0n) is 39.0. The highest BCUT2D eigenvalue weighted by molar-refractivity contribution is 5.95. The number of hydrogen-bond acceptors (Lipinski definition) is 9. The van der Waals surface area contributed by atoms with Crippen molar-refractivity contribution < 1.29 is 39.2 Å². The highest BCUT2D eigenvalue weighted by Crippen LogP contribution is 2.31. The molecular weight excluding hydrogens is 771 g/mol. The average Bonchev–Trinajstić information content (AvgIpc) is 3.25. The van der Waals surface area contributed by atoms with Crippen LogP contribution in [0.15, 0.2) is 30.3 Å². The van der Waals surface area contributed by atoms with Gasteiger partial charge in [-0.05, 0) is 30.7 Å². The topological polar surface area (TPSA) is 163 Å². The Labute approximate surface area is 370 Å². The zero-order valence-corrected chi connectivity index (χ0v) is 39.0. The Hall–Kier alpha value is -2.57. The predicted molar refractivity (Wildman–Crippen MR) is 246 cm³/mol. The van der Waals surface area contributed by atoms with Gasteiger partial charge in [-0.15, -0.1) is 0 Å². The van der Waals surface area contributed by atoms with Crippen molar-refractivity contribution in [1.29, 1.82) is 0 Å². The van der Waals surface area contributed by atoms with E-state index in [1.54, 1.807) is 24.3 Å². The molecule has 352 valence electrons. The van der Waals surface area contributed by atoms with Crippen LogP contribution in [0.4, 0.5) is 4.79 Å². The van der Waals surface area contributed by atoms with Gasteiger partial charge in [-0.3, -0.25) is 9.59 Å². The van der Waals surface area contributed by atoms with Crippen LogP contribution >= 0.6 is 0 Å². The fourth-order valence-corrected chi connectivity index (χ4v) is 8.51. The van der Waals surface area contributed by atoms with Gasteiger partial charge in [0.2, 0.25) is 11.8 Å². The fourth-order valence-electron chi connectivity index (χ4n) is 8.51. The van der Waals surface area contributed by atoms with Crippen LogP contribution in [0.1, 0.15) is 207 Å². The van der Waals surface area contributed by atoms with E-state index in [-0.39, 0.29) is 37.8 Å². The van der Waals surface area contributed by atoms with Crippen LogP contribution in [0.2, 0.25) is 0 Å². The maximum absolute atomic E-state index is 14.3. The van der Waals surface area contributed by atoms with Gasteiger partial charge in [-0.25, -0.2) is 9.69 Å². The van der Waals surface area contributed by atoms with Gasteiger partial charge in [0.05, 0.1) is 12.6 Å². The zero-order chi connectivity index (χ0) is 44.7. The second-order valence-corrected chi connectivity index (χ2v) is 18.2. The number of unbranched alkanes of at least 4 members (excludes halogenated alkanes) is 23. The number of ether oxygens (including phenoxy) is 2. The maximum atomic E-state index is 14.3. The highest BCUT2D eigenvalue weighted by atomic mass is 16.6. The molecule has 61 heavy (non-hydrogen) atoms. The summed E-state index contributed by atoms with van der Waals surface area (Å²) in [5.74, 6) is -1.01. The van der Waals surface area contributed by atoms with E-state index >= 15 is 0 Å². The number of hydrogen-bond donors (Lipinski definition) is 4. The Kier molecular flexibility index (Phi) is 30.3. The summed E-state index contributed by atoms with van der Waals surface area (Å²) in [4.78, 5) is 44.9. The number of benzene rings is 1. The van der Waals surface area contributed by atoms with Crippen molar-refractivity contribution in [3.05, 3.63) is 35.9 Å². The summed E-state index contributed by atoms with van der Waals surface area (Å²) in [5.41, 5.74) is 7.11. The van der Waals surface area contributed by atoms with Crippen molar-refractivity contribution in [3.8, 4) is 0 Å². The Morgan fingerprint density at radius 1 is 0.689 bits per heavy atom. The number of carbonyl (C=O) groups is 3. The summed E-state index contributed by atoms with van der Waals surface area (Å²) in [7, 11) is 0. The molecule has 5 N–H and O–H groups in total. The van der Waals surface area contributed by atoms with Crippen LogP contribution in [-0.2, 0) is 25.7 Å². The molecule has 0 bridgehead atoms. The standard InChI is InChI=1S/C50H89N3O8/c1-5-7-9-11-13-15-16-17-18-19-20-21-23-25-27-32-36-52(44(55)35-31-26-24-22-14-12-10-8-6-2)49-45(47(57)46(56)43(38-54)61-49)53(48(58)42(51)37-40(3)4)50(59)60-39-41-33-29-28-30-34-41/h28-30,33-34,40,42-43,45-47,49,54,56-57H,5-27,31-32,35-39,51H2,1-4H3/t42-,43+,45+,46+,47+,49+/m0/s1. The van der Waals surface area contributed by atoms with Crippen LogP contribution in [0.3, 0.4) is 0 Å². The highest BCUT2D eigenvalue weighted by Gasteiger charge is 2.53. The van der Waals surface area contributed by atoms with Gasteiger partial charge < -0.3 is 35.4 Å². The van der Waals surface area contributed by atoms with E-state index in [1.165, 1.54) is 114 Å². The molecule has 0 radical (unpaired) electrons. The summed E-state index contributed by atoms with van der Waals surface area (Å²) in [6.07, 6.45) is 22.6. The second-order valence-electron chi connectivity index (χ2n) is 18.2. The molecule has 11 heteroatoms. The van der Waals surface area contributed by atoms with E-state index in [0.717, 1.165) is 43.4 Å². The minimum absolute atomic E-state index is 0.0122. The molecular formula is C50H89N3O8. The molecule has 1 fully saturated rings. The van der Waals surface area contributed by atoms with Gasteiger partial charge >= 0.3 is 6.09 Å². The number of aliphatic hydroxyl groups is 3. The smallest absolute Gasteiger partial charge is 0.417 e. The van der Waals surface area contributed by atoms with Crippen LogP contribution < -0.4 is 5.73 Å². The Morgan fingerprint density at radius 3 is 1.61 bits per heavy atom. The van der Waals surface area contributed by atoms with E-state index < -0.39 is 55.2 Å². The molecule has 1 aliphatic heterocycles. The normalized spacial score (nSPS) is 19.5. The predicted octanol–water partition coefficient (Wildman–Crippen LogP) is 10.3. The number of amides is 3. The monoisotopic (exact) mass is 860 g/mol. The van der Waals surface area contributed by atoms with Gasteiger partial charge in [0.25, 0.3) is 0 Å². The van der Waals surface area contributed by atoms with Gasteiger partial charge in [0, 0.05) is 13.0 Å². The third-order valence-electron chi connectivity index (χ3n) is 12.2. The number of nitrogens with zero attached hydrogens (tertiary/aromatic N) is 2. The van der Waals surface area contributed by atoms with Crippen molar-refractivity contribution in [2.75, 3.05) is 13.2 Å². The molecule has 1 aromatic rings. The molecule has 6 atom stereocenters. The summed E-state index contributed by atoms with van der Waals surface area (Å²) < 4.78 is 12.0. The first-order valence-electron chi connectivity index (χ1n) is 24.8. The molecule has 0 unspecified atom stereocenters. The third kappa shape index (κ3) is 22.1. The van der Waals surface area contributed by atoms with E-state index in [0.29, 0.717) is 18.4 Å². The average molecular weight is 860 g/mol. The Morgan fingerprint density at radius 2 is 1.15 bits per heavy atom. The Bertz CT molecular complexity index is 1270. The Balaban J connectivity index is 2.21. The van der Waals surface area contributed by atoms with E-state index in [2.05, 4.69) is 13.8 Å². The molecule has 1 aromatic carbocycles. The van der Waals surface area contributed by atoms with Crippen molar-refractivity contribution in [2.45, 2.75) is 244 Å². The fraction of sp³-hybridized carbons (Fsp3) is 0.820. The van der Waals surface area contributed by atoms with Gasteiger partial charge in [-0.1, -0.05) is 206 Å². The lowest BCUT2D eigenvalue weighted by molar-refractivity contribution is -0.245. The van der Waals surface area contributed by atoms with E-state index in [1.807, 2.05) is 19.9 Å². The van der Waals surface area contributed by atoms with Gasteiger partial charge in [-0.2, -0.15) is 0 Å². The number of nitrogens with two attached hydrogens (primary N) is 1. The van der Waals surface area contributed by atoms with Crippen LogP contribution in [0, 0.1) is 5.92 Å². The first kappa shape index (κ1) is 54.6. The van der Waals surface area contributed by atoms with Gasteiger partial charge in [0.15, 0.2) is 6.23 Å². The number of aliphatic hydroxyl groups excluding tert-OH is 3. The van der Waals surface area contributed by atoms with Crippen molar-refractivity contribution >= 4 is 17.9 Å². The van der Waals surface area contributed by atoms with E-state index in [4.69, 9.17) is 15.2 Å². The number of carbonyl (C=O) groups excluding carboxylic acids is 3. The number of rotatable bonds is 35. The van der Waals surface area contributed by atoms with Crippen LogP contribution in [-0.4, -0.2) is 92.8 Å². The molecule has 2 rings (SSSR count). The van der Waals surface area contributed by atoms with Crippen molar-refractivity contribution in [1.82, 2.24) is 9.80 Å². The summed E-state index contributed by atoms with van der Waals surface area (Å²) >= 11 is 0. The SMILES string of the molecule is CCCCCCCCCCCCCCCCCCN(C(=O)CCCCCCCCCCC)[C@@H]1O[C@H](CO)[C@@H](O)[C@H](O)[C@H]1N(C(=O)OCc1ccccc1)C(=O)[C@@H](N)CC(C)C. The largest absolute Gasteiger partial charge is 0.444 e. The lowest BCUT2D eigenvalue weighted by Crippen LogP contribution is -2.71. The van der Waals surface area contributed by atoms with E-state index in [9.17, 15) is 29.7 Å². The van der Waals surface area contributed by atoms with Gasteiger partial charge in [0.1, 0.15) is 31.0 Å². The molecule has 3 amide bonds. The quantitative estimate of drug-likeness (QED) is 0.0487. The summed E-state index contributed by atoms with van der Waals surface area (Å²) in [6.45, 7) is 7.76. The second kappa shape index (κ2) is 33.9. The molecule has 0 spiro atoms. The first-order valence-corrected chi connectivity index (χ1v) is 24.8. The van der Waals surface area contributed by atoms with Crippen molar-refractivity contribution in [3.63, 3.8) is 0 Å². The third-order valence-corrected chi connectivity index (χ3v) is 12.2. The molecule has 1 heterocycles. The molecule has 0 saturated carbocycles. The maximum Gasteiger partial charge on any atom is 0.417 e. The summed E-state index contributed by atoms with van der Waals surface area (Å²) in [6, 6.07) is 6.35.